The lowest BCUT2D eigenvalue weighted by atomic mass is 10.2. The van der Waals surface area contributed by atoms with Crippen molar-refractivity contribution in [2.45, 2.75) is 11.8 Å². The average molecular weight is 242 g/mol. The highest BCUT2D eigenvalue weighted by atomic mass is 32.2. The molecule has 16 heavy (non-hydrogen) atoms. The quantitative estimate of drug-likeness (QED) is 0.263. The first-order chi connectivity index (χ1) is 7.38. The first-order valence-electron chi connectivity index (χ1n) is 3.95. The highest BCUT2D eigenvalue weighted by molar-refractivity contribution is 7.90. The van der Waals surface area contributed by atoms with Crippen molar-refractivity contribution in [1.82, 2.24) is 0 Å². The van der Waals surface area contributed by atoms with E-state index in [4.69, 9.17) is 5.53 Å². The van der Waals surface area contributed by atoms with Crippen LogP contribution in [0.3, 0.4) is 0 Å². The van der Waals surface area contributed by atoms with E-state index in [1.807, 2.05) is 0 Å². The third-order valence-electron chi connectivity index (χ3n) is 1.79. The van der Waals surface area contributed by atoms with Gasteiger partial charge < -0.3 is 0 Å². The van der Waals surface area contributed by atoms with E-state index < -0.39 is 14.9 Å². The van der Waals surface area contributed by atoms with Gasteiger partial charge in [-0.05, 0) is 24.1 Å². The molecule has 0 radical (unpaired) electrons. The minimum Gasteiger partial charge on any atom is -0.258 e. The van der Waals surface area contributed by atoms with Crippen LogP contribution in [0, 0.1) is 17.0 Å². The van der Waals surface area contributed by atoms with Crippen LogP contribution < -0.4 is 0 Å². The lowest BCUT2D eigenvalue weighted by Crippen LogP contribution is -1.99. The average Bonchev–Trinajstić information content (AvgIpc) is 2.16. The van der Waals surface area contributed by atoms with Gasteiger partial charge in [0.25, 0.3) is 15.7 Å². The second kappa shape index (κ2) is 4.17. The van der Waals surface area contributed by atoms with Gasteiger partial charge in [0.05, 0.1) is 9.82 Å². The predicted octanol–water partition coefficient (Wildman–Crippen LogP) is 1.90. The predicted molar refractivity (Wildman–Crippen MR) is 54.2 cm³/mol. The SMILES string of the molecule is Cc1cc([N+](=O)[O-])ccc1S(=O)(=O)N=[N+]=[N-]. The van der Waals surface area contributed by atoms with Crippen LogP contribution >= 0.6 is 0 Å². The molecule has 0 amide bonds. The van der Waals surface area contributed by atoms with Crippen LogP contribution in [0.25, 0.3) is 10.4 Å². The van der Waals surface area contributed by atoms with Gasteiger partial charge in [-0.15, -0.1) is 0 Å². The van der Waals surface area contributed by atoms with Crippen LogP contribution in [-0.4, -0.2) is 13.3 Å². The number of nitrogens with zero attached hydrogens (tertiary/aromatic N) is 4. The number of rotatable bonds is 3. The number of nitro groups is 1. The van der Waals surface area contributed by atoms with Gasteiger partial charge in [0.2, 0.25) is 0 Å². The van der Waals surface area contributed by atoms with E-state index in [0.717, 1.165) is 18.2 Å². The monoisotopic (exact) mass is 242 g/mol. The van der Waals surface area contributed by atoms with E-state index in [1.54, 1.807) is 0 Å². The third kappa shape index (κ3) is 2.27. The summed E-state index contributed by atoms with van der Waals surface area (Å²) in [6.07, 6.45) is 0. The molecule has 0 aliphatic rings. The van der Waals surface area contributed by atoms with E-state index in [1.165, 1.54) is 6.92 Å². The van der Waals surface area contributed by atoms with Crippen LogP contribution in [0.4, 0.5) is 5.69 Å². The van der Waals surface area contributed by atoms with E-state index in [9.17, 15) is 18.5 Å². The molecule has 1 aromatic rings. The number of hydrogen-bond donors (Lipinski definition) is 0. The van der Waals surface area contributed by atoms with Gasteiger partial charge in [-0.25, -0.2) is 8.42 Å². The van der Waals surface area contributed by atoms with Gasteiger partial charge in [-0.3, -0.25) is 10.1 Å². The Kier molecular flexibility index (Phi) is 3.11. The zero-order chi connectivity index (χ0) is 12.3. The lowest BCUT2D eigenvalue weighted by Gasteiger charge is -2.01. The molecule has 84 valence electrons. The summed E-state index contributed by atoms with van der Waals surface area (Å²) in [5.41, 5.74) is 8.00. The van der Waals surface area contributed by atoms with Crippen LogP contribution in [-0.2, 0) is 10.0 Å². The van der Waals surface area contributed by atoms with Crippen LogP contribution in [0.2, 0.25) is 0 Å². The second-order valence-electron chi connectivity index (χ2n) is 2.85. The smallest absolute Gasteiger partial charge is 0.258 e. The Bertz CT molecular complexity index is 588. The number of sulfonamides is 1. The molecular weight excluding hydrogens is 236 g/mol. The van der Waals surface area contributed by atoms with Crippen molar-refractivity contribution in [3.8, 4) is 0 Å². The number of aryl methyl sites for hydroxylation is 1. The second-order valence-corrected chi connectivity index (χ2v) is 4.41. The normalized spacial score (nSPS) is 10.6. The molecule has 0 aliphatic carbocycles. The summed E-state index contributed by atoms with van der Waals surface area (Å²) in [6.45, 7) is 1.38. The molecule has 0 fully saturated rings. The minimum absolute atomic E-state index is 0.154. The Balaban J connectivity index is 3.40. The van der Waals surface area contributed by atoms with Gasteiger partial charge in [-0.2, -0.15) is 0 Å². The molecule has 0 saturated heterocycles. The van der Waals surface area contributed by atoms with Crippen LogP contribution in [0.5, 0.6) is 0 Å². The van der Waals surface area contributed by atoms with Gasteiger partial charge in [-0.1, -0.05) is 0 Å². The molecule has 0 atom stereocenters. The summed E-state index contributed by atoms with van der Waals surface area (Å²) in [5.74, 6) is 0. The molecule has 0 aromatic heterocycles. The van der Waals surface area contributed by atoms with Gasteiger partial charge >= 0.3 is 0 Å². The van der Waals surface area contributed by atoms with Crippen LogP contribution in [0.15, 0.2) is 27.6 Å². The fourth-order valence-corrected chi connectivity index (χ4v) is 2.02. The van der Waals surface area contributed by atoms with Crippen molar-refractivity contribution >= 4 is 15.7 Å². The number of benzene rings is 1. The molecule has 0 heterocycles. The molecule has 0 saturated carbocycles. The van der Waals surface area contributed by atoms with Crippen molar-refractivity contribution < 1.29 is 13.3 Å². The summed E-state index contributed by atoms with van der Waals surface area (Å²) >= 11 is 0. The number of hydrogen-bond acceptors (Lipinski definition) is 4. The van der Waals surface area contributed by atoms with Gasteiger partial charge in [0.1, 0.15) is 0 Å². The molecule has 0 unspecified atom stereocenters. The molecule has 0 N–H and O–H groups in total. The summed E-state index contributed by atoms with van der Waals surface area (Å²) < 4.78 is 25.3. The van der Waals surface area contributed by atoms with Crippen LogP contribution in [0.1, 0.15) is 5.56 Å². The number of non-ortho nitro benzene ring substituents is 1. The highest BCUT2D eigenvalue weighted by Crippen LogP contribution is 2.22. The van der Waals surface area contributed by atoms with Crippen molar-refractivity contribution in [2.24, 2.45) is 4.52 Å². The van der Waals surface area contributed by atoms with Gasteiger partial charge in [0, 0.05) is 21.6 Å². The maximum Gasteiger partial charge on any atom is 0.269 e. The van der Waals surface area contributed by atoms with Crippen molar-refractivity contribution in [3.63, 3.8) is 0 Å². The first-order valence-corrected chi connectivity index (χ1v) is 5.39. The summed E-state index contributed by atoms with van der Waals surface area (Å²) in [7, 11) is -4.10. The standard InChI is InChI=1S/C7H6N4O4S/c1-5-4-6(11(12)13)2-3-7(5)16(14,15)10-9-8/h2-4H,1H3. The Morgan fingerprint density at radius 3 is 2.56 bits per heavy atom. The Morgan fingerprint density at radius 2 is 2.12 bits per heavy atom. The van der Waals surface area contributed by atoms with E-state index in [0.29, 0.717) is 0 Å². The Morgan fingerprint density at radius 1 is 1.50 bits per heavy atom. The largest absolute Gasteiger partial charge is 0.269 e. The maximum atomic E-state index is 11.3. The molecule has 1 rings (SSSR count). The molecule has 1 aromatic carbocycles. The molecule has 0 bridgehead atoms. The fraction of sp³-hybridized carbons (Fsp3) is 0.143. The zero-order valence-electron chi connectivity index (χ0n) is 8.06. The Hall–Kier alpha value is -2.12. The number of azide groups is 1. The minimum atomic E-state index is -4.10. The van der Waals surface area contributed by atoms with Crippen molar-refractivity contribution in [2.75, 3.05) is 0 Å². The molecule has 8 nitrogen and oxygen atoms in total. The third-order valence-corrected chi connectivity index (χ3v) is 3.09. The maximum absolute atomic E-state index is 11.3. The summed E-state index contributed by atoms with van der Waals surface area (Å²) in [6, 6.07) is 3.17. The molecule has 0 aliphatic heterocycles. The first kappa shape index (κ1) is 12.0. The number of nitro benzene ring substituents is 1. The lowest BCUT2D eigenvalue weighted by molar-refractivity contribution is -0.385. The fourth-order valence-electron chi connectivity index (χ4n) is 1.13. The van der Waals surface area contributed by atoms with E-state index in [2.05, 4.69) is 9.43 Å². The summed E-state index contributed by atoms with van der Waals surface area (Å²) in [5, 5.41) is 10.4. The van der Waals surface area contributed by atoms with E-state index in [-0.39, 0.29) is 16.1 Å². The Labute approximate surface area is 90.3 Å². The molecule has 9 heteroatoms. The topological polar surface area (TPSA) is 126 Å². The molecular formula is C7H6N4O4S. The van der Waals surface area contributed by atoms with Crippen molar-refractivity contribution in [3.05, 3.63) is 44.3 Å². The van der Waals surface area contributed by atoms with Gasteiger partial charge in [0.15, 0.2) is 0 Å². The van der Waals surface area contributed by atoms with Crippen molar-refractivity contribution in [1.29, 1.82) is 0 Å². The molecule has 0 spiro atoms. The highest BCUT2D eigenvalue weighted by Gasteiger charge is 2.17. The van der Waals surface area contributed by atoms with E-state index >= 15 is 0 Å². The zero-order valence-corrected chi connectivity index (χ0v) is 8.88. The summed E-state index contributed by atoms with van der Waals surface area (Å²) in [4.78, 5) is 11.7.